The maximum atomic E-state index is 5.45. The van der Waals surface area contributed by atoms with E-state index < -0.39 is 0 Å². The zero-order valence-electron chi connectivity index (χ0n) is 10.3. The number of ether oxygens (including phenoxy) is 2. The fourth-order valence-corrected chi connectivity index (χ4v) is 1.69. The van der Waals surface area contributed by atoms with Crippen LogP contribution in [0.25, 0.3) is 6.08 Å². The van der Waals surface area contributed by atoms with Gasteiger partial charge in [0.1, 0.15) is 11.5 Å². The van der Waals surface area contributed by atoms with Crippen molar-refractivity contribution in [2.45, 2.75) is 13.8 Å². The summed E-state index contributed by atoms with van der Waals surface area (Å²) < 4.78 is 10.7. The number of nitrogens with two attached hydrogens (primary N) is 1. The van der Waals surface area contributed by atoms with E-state index >= 15 is 0 Å². The summed E-state index contributed by atoms with van der Waals surface area (Å²) in [6, 6.07) is 1.97. The minimum atomic E-state index is 0.512. The van der Waals surface area contributed by atoms with Crippen molar-refractivity contribution in [2.24, 2.45) is 5.73 Å². The van der Waals surface area contributed by atoms with Crippen LogP contribution in [0, 0.1) is 13.8 Å². The topological polar surface area (TPSA) is 44.5 Å². The zero-order chi connectivity index (χ0) is 12.1. The quantitative estimate of drug-likeness (QED) is 0.848. The fraction of sp³-hybridized carbons (Fsp3) is 0.385. The summed E-state index contributed by atoms with van der Waals surface area (Å²) in [5, 5.41) is 0. The highest BCUT2D eigenvalue weighted by atomic mass is 16.5. The van der Waals surface area contributed by atoms with E-state index in [1.165, 1.54) is 0 Å². The molecule has 0 bridgehead atoms. The van der Waals surface area contributed by atoms with Crippen LogP contribution >= 0.6 is 0 Å². The molecule has 16 heavy (non-hydrogen) atoms. The first kappa shape index (κ1) is 12.6. The lowest BCUT2D eigenvalue weighted by molar-refractivity contribution is 0.397. The number of hydrogen-bond donors (Lipinski definition) is 1. The number of methoxy groups -OCH3 is 2. The molecule has 0 unspecified atom stereocenters. The third-order valence-corrected chi connectivity index (χ3v) is 2.68. The molecular weight excluding hydrogens is 202 g/mol. The van der Waals surface area contributed by atoms with Crippen molar-refractivity contribution in [2.75, 3.05) is 20.8 Å². The Kier molecular flexibility index (Phi) is 4.38. The fourth-order valence-electron chi connectivity index (χ4n) is 1.69. The van der Waals surface area contributed by atoms with Gasteiger partial charge in [-0.1, -0.05) is 12.2 Å². The van der Waals surface area contributed by atoms with Crippen LogP contribution in [-0.2, 0) is 0 Å². The third kappa shape index (κ3) is 2.36. The van der Waals surface area contributed by atoms with Gasteiger partial charge in [0.05, 0.1) is 14.2 Å². The molecule has 0 spiro atoms. The summed E-state index contributed by atoms with van der Waals surface area (Å²) in [5.41, 5.74) is 8.64. The van der Waals surface area contributed by atoms with Gasteiger partial charge in [-0.05, 0) is 31.0 Å². The molecular formula is C13H19NO2. The second-order valence-electron chi connectivity index (χ2n) is 3.59. The highest BCUT2D eigenvalue weighted by molar-refractivity contribution is 5.65. The molecule has 3 heteroatoms. The highest BCUT2D eigenvalue weighted by Crippen LogP contribution is 2.33. The predicted molar refractivity (Wildman–Crippen MR) is 67.1 cm³/mol. The van der Waals surface area contributed by atoms with Gasteiger partial charge in [-0.3, -0.25) is 0 Å². The SMILES string of the molecule is COc1cc(/C=C/CN)c(OC)c(C)c1C. The Labute approximate surface area is 96.9 Å². The largest absolute Gasteiger partial charge is 0.496 e. The molecule has 1 aromatic carbocycles. The Morgan fingerprint density at radius 2 is 1.88 bits per heavy atom. The van der Waals surface area contributed by atoms with Gasteiger partial charge in [-0.25, -0.2) is 0 Å². The summed E-state index contributed by atoms with van der Waals surface area (Å²) >= 11 is 0. The molecule has 0 atom stereocenters. The number of hydrogen-bond acceptors (Lipinski definition) is 3. The molecule has 0 saturated heterocycles. The second-order valence-corrected chi connectivity index (χ2v) is 3.59. The molecule has 0 fully saturated rings. The Bertz CT molecular complexity index is 397. The molecule has 0 radical (unpaired) electrons. The van der Waals surface area contributed by atoms with Gasteiger partial charge in [0, 0.05) is 12.1 Å². The summed E-state index contributed by atoms with van der Waals surface area (Å²) in [5.74, 6) is 1.75. The van der Waals surface area contributed by atoms with Gasteiger partial charge in [0.2, 0.25) is 0 Å². The van der Waals surface area contributed by atoms with Crippen LogP contribution in [0.15, 0.2) is 12.1 Å². The normalized spacial score (nSPS) is 10.8. The summed E-state index contributed by atoms with van der Waals surface area (Å²) in [6.45, 7) is 4.56. The van der Waals surface area contributed by atoms with Crippen LogP contribution in [0.2, 0.25) is 0 Å². The van der Waals surface area contributed by atoms with E-state index in [1.807, 2.05) is 32.1 Å². The molecule has 3 nitrogen and oxygen atoms in total. The van der Waals surface area contributed by atoms with Gasteiger partial charge in [0.15, 0.2) is 0 Å². The van der Waals surface area contributed by atoms with E-state index in [-0.39, 0.29) is 0 Å². The van der Waals surface area contributed by atoms with E-state index in [0.29, 0.717) is 6.54 Å². The number of rotatable bonds is 4. The molecule has 2 N–H and O–H groups in total. The van der Waals surface area contributed by atoms with Gasteiger partial charge in [-0.2, -0.15) is 0 Å². The molecule has 1 aromatic rings. The van der Waals surface area contributed by atoms with Crippen molar-refractivity contribution >= 4 is 6.08 Å². The Balaban J connectivity index is 3.35. The lowest BCUT2D eigenvalue weighted by atomic mass is 10.0. The van der Waals surface area contributed by atoms with Crippen LogP contribution in [-0.4, -0.2) is 20.8 Å². The van der Waals surface area contributed by atoms with E-state index in [9.17, 15) is 0 Å². The van der Waals surface area contributed by atoms with Crippen molar-refractivity contribution in [1.29, 1.82) is 0 Å². The molecule has 0 aromatic heterocycles. The van der Waals surface area contributed by atoms with Crippen molar-refractivity contribution < 1.29 is 9.47 Å². The first-order valence-corrected chi connectivity index (χ1v) is 5.24. The third-order valence-electron chi connectivity index (χ3n) is 2.68. The van der Waals surface area contributed by atoms with Gasteiger partial charge >= 0.3 is 0 Å². The maximum absolute atomic E-state index is 5.45. The van der Waals surface area contributed by atoms with Crippen molar-refractivity contribution in [3.63, 3.8) is 0 Å². The first-order chi connectivity index (χ1) is 7.65. The van der Waals surface area contributed by atoms with Crippen molar-refractivity contribution in [3.05, 3.63) is 28.8 Å². The van der Waals surface area contributed by atoms with E-state index in [1.54, 1.807) is 14.2 Å². The maximum Gasteiger partial charge on any atom is 0.129 e. The van der Waals surface area contributed by atoms with Crippen molar-refractivity contribution in [1.82, 2.24) is 0 Å². The Morgan fingerprint density at radius 1 is 1.19 bits per heavy atom. The summed E-state index contributed by atoms with van der Waals surface area (Å²) in [7, 11) is 3.35. The Hall–Kier alpha value is -1.48. The van der Waals surface area contributed by atoms with Crippen molar-refractivity contribution in [3.8, 4) is 11.5 Å². The van der Waals surface area contributed by atoms with Crippen LogP contribution in [0.5, 0.6) is 11.5 Å². The lowest BCUT2D eigenvalue weighted by Crippen LogP contribution is -1.98. The minimum Gasteiger partial charge on any atom is -0.496 e. The minimum absolute atomic E-state index is 0.512. The molecule has 88 valence electrons. The molecule has 0 heterocycles. The van der Waals surface area contributed by atoms with Gasteiger partial charge in [-0.15, -0.1) is 0 Å². The summed E-state index contributed by atoms with van der Waals surface area (Å²) in [4.78, 5) is 0. The smallest absolute Gasteiger partial charge is 0.129 e. The molecule has 0 aliphatic heterocycles. The molecule has 0 saturated carbocycles. The molecule has 0 aliphatic rings. The average Bonchev–Trinajstić information content (AvgIpc) is 2.30. The molecule has 1 rings (SSSR count). The van der Waals surface area contributed by atoms with E-state index in [0.717, 1.165) is 28.2 Å². The van der Waals surface area contributed by atoms with Crippen LogP contribution in [0.1, 0.15) is 16.7 Å². The standard InChI is InChI=1S/C13H19NO2/c1-9-10(2)13(16-4)11(6-5-7-14)8-12(9)15-3/h5-6,8H,7,14H2,1-4H3/b6-5+. The lowest BCUT2D eigenvalue weighted by Gasteiger charge is -2.14. The molecule has 0 amide bonds. The van der Waals surface area contributed by atoms with Crippen LogP contribution in [0.3, 0.4) is 0 Å². The number of benzene rings is 1. The van der Waals surface area contributed by atoms with Crippen LogP contribution < -0.4 is 15.2 Å². The molecule has 0 aliphatic carbocycles. The second kappa shape index (κ2) is 5.56. The van der Waals surface area contributed by atoms with Crippen LogP contribution in [0.4, 0.5) is 0 Å². The van der Waals surface area contributed by atoms with Gasteiger partial charge < -0.3 is 15.2 Å². The first-order valence-electron chi connectivity index (χ1n) is 5.24. The highest BCUT2D eigenvalue weighted by Gasteiger charge is 2.11. The van der Waals surface area contributed by atoms with E-state index in [2.05, 4.69) is 0 Å². The zero-order valence-corrected chi connectivity index (χ0v) is 10.3. The Morgan fingerprint density at radius 3 is 2.38 bits per heavy atom. The predicted octanol–water partition coefficient (Wildman–Crippen LogP) is 2.29. The van der Waals surface area contributed by atoms with Gasteiger partial charge in [0.25, 0.3) is 0 Å². The monoisotopic (exact) mass is 221 g/mol. The average molecular weight is 221 g/mol. The summed E-state index contributed by atoms with van der Waals surface area (Å²) in [6.07, 6.45) is 3.85. The van der Waals surface area contributed by atoms with E-state index in [4.69, 9.17) is 15.2 Å².